The van der Waals surface area contributed by atoms with E-state index in [1.165, 1.54) is 11.1 Å². The normalized spacial score (nSPS) is 19.8. The van der Waals surface area contributed by atoms with Gasteiger partial charge in [0, 0.05) is 24.6 Å². The Bertz CT molecular complexity index is 930. The van der Waals surface area contributed by atoms with Crippen LogP contribution in [0.3, 0.4) is 0 Å². The monoisotopic (exact) mass is 375 g/mol. The lowest BCUT2D eigenvalue weighted by atomic mass is 9.98. The molecule has 0 bridgehead atoms. The van der Waals surface area contributed by atoms with Crippen molar-refractivity contribution in [3.63, 3.8) is 0 Å². The average molecular weight is 375 g/mol. The molecule has 0 amide bonds. The van der Waals surface area contributed by atoms with Crippen LogP contribution < -0.4 is 9.47 Å². The number of methoxy groups -OCH3 is 2. The van der Waals surface area contributed by atoms with Crippen molar-refractivity contribution in [1.29, 1.82) is 0 Å². The van der Waals surface area contributed by atoms with E-state index in [0.717, 1.165) is 37.1 Å². The van der Waals surface area contributed by atoms with Crippen LogP contribution in [-0.4, -0.2) is 31.4 Å². The second-order valence-electron chi connectivity index (χ2n) is 7.30. The third kappa shape index (κ3) is 3.68. The van der Waals surface area contributed by atoms with E-state index in [1.54, 1.807) is 14.2 Å². The number of hydrogen-bond acceptors (Lipinski definition) is 4. The SMILES string of the molecule is COc1cc2c(cc1OC)C(=O)[C@@H](/C=C1\C=CN(Cc3ccccc3)CC1)C2. The quantitative estimate of drug-likeness (QED) is 0.776. The summed E-state index contributed by atoms with van der Waals surface area (Å²) in [6, 6.07) is 14.2. The standard InChI is InChI=1S/C24H25NO3/c1-27-22-14-19-13-20(24(26)21(19)15-23(22)28-2)12-17-8-10-25(11-9-17)16-18-6-4-3-5-7-18/h3-8,10,12,14-15,20H,9,11,13,16H2,1-2H3/b17-12+/t20-/m0/s1. The summed E-state index contributed by atoms with van der Waals surface area (Å²) in [5, 5.41) is 0. The summed E-state index contributed by atoms with van der Waals surface area (Å²) < 4.78 is 10.7. The Kier molecular flexibility index (Phi) is 5.20. The Balaban J connectivity index is 1.46. The molecule has 0 radical (unpaired) electrons. The van der Waals surface area contributed by atoms with E-state index in [2.05, 4.69) is 47.5 Å². The number of nitrogens with zero attached hydrogens (tertiary/aromatic N) is 1. The highest BCUT2D eigenvalue weighted by molar-refractivity contribution is 6.04. The zero-order chi connectivity index (χ0) is 19.5. The Labute approximate surface area is 166 Å². The summed E-state index contributed by atoms with van der Waals surface area (Å²) in [6.45, 7) is 1.88. The number of rotatable bonds is 5. The van der Waals surface area contributed by atoms with Gasteiger partial charge in [-0.25, -0.2) is 0 Å². The molecule has 144 valence electrons. The van der Waals surface area contributed by atoms with Crippen LogP contribution in [0.15, 0.2) is 66.4 Å². The molecule has 0 fully saturated rings. The van der Waals surface area contributed by atoms with Gasteiger partial charge in [0.1, 0.15) is 0 Å². The number of ketones is 1. The van der Waals surface area contributed by atoms with Gasteiger partial charge in [0.15, 0.2) is 17.3 Å². The molecular weight excluding hydrogens is 350 g/mol. The number of ether oxygens (including phenoxy) is 2. The number of Topliss-reactive ketones (excluding diaryl/α,β-unsaturated/α-hetero) is 1. The van der Waals surface area contributed by atoms with Gasteiger partial charge < -0.3 is 14.4 Å². The molecule has 0 unspecified atom stereocenters. The molecule has 2 aromatic carbocycles. The summed E-state index contributed by atoms with van der Waals surface area (Å²) in [5.74, 6) is 1.35. The molecule has 0 aromatic heterocycles. The second-order valence-corrected chi connectivity index (χ2v) is 7.30. The summed E-state index contributed by atoms with van der Waals surface area (Å²) in [6.07, 6.45) is 8.10. The first-order valence-corrected chi connectivity index (χ1v) is 9.64. The van der Waals surface area contributed by atoms with Gasteiger partial charge in [0.25, 0.3) is 0 Å². The van der Waals surface area contributed by atoms with Crippen LogP contribution in [0.5, 0.6) is 11.5 Å². The fourth-order valence-electron chi connectivity index (χ4n) is 3.96. The number of benzene rings is 2. The number of carbonyl (C=O) groups excluding carboxylic acids is 1. The minimum atomic E-state index is -0.105. The maximum Gasteiger partial charge on any atom is 0.170 e. The van der Waals surface area contributed by atoms with Gasteiger partial charge in [-0.2, -0.15) is 0 Å². The number of allylic oxidation sites excluding steroid dienone is 2. The third-order valence-corrected chi connectivity index (χ3v) is 5.48. The van der Waals surface area contributed by atoms with Gasteiger partial charge in [-0.1, -0.05) is 36.4 Å². The Morgan fingerprint density at radius 1 is 1.11 bits per heavy atom. The molecule has 2 aromatic rings. The van der Waals surface area contributed by atoms with Crippen LogP contribution >= 0.6 is 0 Å². The average Bonchev–Trinajstić information content (AvgIpc) is 3.03. The van der Waals surface area contributed by atoms with Crippen LogP contribution in [0.1, 0.15) is 27.9 Å². The van der Waals surface area contributed by atoms with E-state index < -0.39 is 0 Å². The number of hydrogen-bond donors (Lipinski definition) is 0. The molecule has 1 heterocycles. The van der Waals surface area contributed by atoms with Crippen molar-refractivity contribution < 1.29 is 14.3 Å². The molecule has 28 heavy (non-hydrogen) atoms. The van der Waals surface area contributed by atoms with Crippen LogP contribution in [0.25, 0.3) is 0 Å². The van der Waals surface area contributed by atoms with Crippen molar-refractivity contribution in [3.05, 3.63) is 83.1 Å². The predicted molar refractivity (Wildman–Crippen MR) is 110 cm³/mol. The second kappa shape index (κ2) is 7.93. The lowest BCUT2D eigenvalue weighted by Crippen LogP contribution is -2.21. The van der Waals surface area contributed by atoms with Crippen LogP contribution in [0.2, 0.25) is 0 Å². The van der Waals surface area contributed by atoms with Crippen molar-refractivity contribution in [2.45, 2.75) is 19.4 Å². The highest BCUT2D eigenvalue weighted by Crippen LogP contribution is 2.37. The first kappa shape index (κ1) is 18.4. The zero-order valence-electron chi connectivity index (χ0n) is 16.4. The van der Waals surface area contributed by atoms with Crippen LogP contribution in [0.4, 0.5) is 0 Å². The van der Waals surface area contributed by atoms with Crippen molar-refractivity contribution >= 4 is 5.78 Å². The molecule has 0 N–H and O–H groups in total. The van der Waals surface area contributed by atoms with Gasteiger partial charge in [-0.05, 0) is 54.0 Å². The minimum absolute atomic E-state index is 0.105. The van der Waals surface area contributed by atoms with E-state index in [1.807, 2.05) is 18.2 Å². The molecule has 2 aliphatic rings. The molecule has 0 saturated carbocycles. The van der Waals surface area contributed by atoms with E-state index in [4.69, 9.17) is 9.47 Å². The predicted octanol–water partition coefficient (Wildman–Crippen LogP) is 4.40. The summed E-state index contributed by atoms with van der Waals surface area (Å²) >= 11 is 0. The summed E-state index contributed by atoms with van der Waals surface area (Å²) in [5.41, 5.74) is 4.33. The van der Waals surface area contributed by atoms with Crippen molar-refractivity contribution in [2.75, 3.05) is 20.8 Å². The molecule has 0 saturated heterocycles. The molecule has 4 rings (SSSR count). The third-order valence-electron chi connectivity index (χ3n) is 5.48. The smallest absolute Gasteiger partial charge is 0.170 e. The van der Waals surface area contributed by atoms with Crippen LogP contribution in [-0.2, 0) is 13.0 Å². The van der Waals surface area contributed by atoms with Gasteiger partial charge in [0.05, 0.1) is 14.2 Å². The van der Waals surface area contributed by atoms with Gasteiger partial charge in [-0.3, -0.25) is 4.79 Å². The largest absolute Gasteiger partial charge is 0.493 e. The molecule has 4 nitrogen and oxygen atoms in total. The lowest BCUT2D eigenvalue weighted by molar-refractivity contribution is 0.0959. The number of carbonyl (C=O) groups is 1. The molecular formula is C24H25NO3. The van der Waals surface area contributed by atoms with E-state index >= 15 is 0 Å². The first-order chi connectivity index (χ1) is 13.7. The topological polar surface area (TPSA) is 38.8 Å². The highest BCUT2D eigenvalue weighted by atomic mass is 16.5. The van der Waals surface area contributed by atoms with E-state index in [-0.39, 0.29) is 11.7 Å². The molecule has 1 aliphatic carbocycles. The fourth-order valence-corrected chi connectivity index (χ4v) is 3.96. The maximum absolute atomic E-state index is 12.9. The van der Waals surface area contributed by atoms with Crippen molar-refractivity contribution in [1.82, 2.24) is 4.90 Å². The molecule has 1 atom stereocenters. The first-order valence-electron chi connectivity index (χ1n) is 9.64. The lowest BCUT2D eigenvalue weighted by Gasteiger charge is -2.25. The van der Waals surface area contributed by atoms with Gasteiger partial charge in [0.2, 0.25) is 0 Å². The molecule has 4 heteroatoms. The van der Waals surface area contributed by atoms with E-state index in [0.29, 0.717) is 11.5 Å². The fraction of sp³-hybridized carbons (Fsp3) is 0.292. The summed E-state index contributed by atoms with van der Waals surface area (Å²) in [4.78, 5) is 15.2. The molecule has 1 aliphatic heterocycles. The summed E-state index contributed by atoms with van der Waals surface area (Å²) in [7, 11) is 3.21. The Morgan fingerprint density at radius 3 is 2.54 bits per heavy atom. The van der Waals surface area contributed by atoms with Crippen LogP contribution in [0, 0.1) is 5.92 Å². The van der Waals surface area contributed by atoms with Gasteiger partial charge in [-0.15, -0.1) is 0 Å². The minimum Gasteiger partial charge on any atom is -0.493 e. The van der Waals surface area contributed by atoms with E-state index in [9.17, 15) is 4.79 Å². The van der Waals surface area contributed by atoms with Crippen molar-refractivity contribution in [2.24, 2.45) is 5.92 Å². The van der Waals surface area contributed by atoms with Gasteiger partial charge >= 0.3 is 0 Å². The number of fused-ring (bicyclic) bond motifs is 1. The zero-order valence-corrected chi connectivity index (χ0v) is 16.4. The highest BCUT2D eigenvalue weighted by Gasteiger charge is 2.31. The molecule has 0 spiro atoms. The maximum atomic E-state index is 12.9. The van der Waals surface area contributed by atoms with Crippen molar-refractivity contribution in [3.8, 4) is 11.5 Å². The Morgan fingerprint density at radius 2 is 1.86 bits per heavy atom. The Hall–Kier alpha value is -3.01.